The summed E-state index contributed by atoms with van der Waals surface area (Å²) in [6.07, 6.45) is 5.11. The van der Waals surface area contributed by atoms with Crippen LogP contribution in [0.3, 0.4) is 0 Å². The highest BCUT2D eigenvalue weighted by Gasteiger charge is 1.88. The van der Waals surface area contributed by atoms with Gasteiger partial charge in [-0.1, -0.05) is 31.7 Å². The van der Waals surface area contributed by atoms with Crippen molar-refractivity contribution in [1.29, 1.82) is 0 Å². The first-order valence-electron chi connectivity index (χ1n) is 2.60. The van der Waals surface area contributed by atoms with Crippen molar-refractivity contribution in [3.8, 4) is 0 Å². The fourth-order valence-corrected chi connectivity index (χ4v) is 0.508. The maximum absolute atomic E-state index is 4.95. The zero-order valence-electron chi connectivity index (χ0n) is 4.85. The molecule has 1 radical (unpaired) electrons. The number of allylic oxidation sites excluding steroid dienone is 1. The van der Waals surface area contributed by atoms with E-state index in [2.05, 4.69) is 6.92 Å². The minimum Gasteiger partial charge on any atom is -0.0905 e. The van der Waals surface area contributed by atoms with Crippen molar-refractivity contribution in [3.63, 3.8) is 0 Å². The summed E-state index contributed by atoms with van der Waals surface area (Å²) >= 11 is 4.95. The summed E-state index contributed by atoms with van der Waals surface area (Å²) in [4.78, 5) is 0. The van der Waals surface area contributed by atoms with Crippen molar-refractivity contribution in [2.75, 3.05) is 0 Å². The van der Waals surface area contributed by atoms with Gasteiger partial charge in [-0.2, -0.15) is 0 Å². The second-order valence-electron chi connectivity index (χ2n) is 1.47. The number of hydrogen-bond acceptors (Lipinski definition) is 0. The van der Waals surface area contributed by atoms with E-state index in [1.165, 1.54) is 0 Å². The Morgan fingerprint density at radius 3 is 2.43 bits per heavy atom. The molecule has 0 aliphatic rings. The zero-order valence-corrected chi connectivity index (χ0v) is 5.66. The molecule has 1 unspecified atom stereocenters. The standard InChI is InChI=1S/C6H11S/c1-3-5-6(7)4-2/h3,5-6H,4H2,1-2H3/b5-3+. The van der Waals surface area contributed by atoms with Crippen molar-refractivity contribution in [1.82, 2.24) is 0 Å². The van der Waals surface area contributed by atoms with Crippen molar-refractivity contribution in [3.05, 3.63) is 12.2 Å². The van der Waals surface area contributed by atoms with Crippen molar-refractivity contribution < 1.29 is 0 Å². The minimum atomic E-state index is 0.352. The van der Waals surface area contributed by atoms with Gasteiger partial charge in [0.05, 0.1) is 0 Å². The monoisotopic (exact) mass is 115 g/mol. The average molecular weight is 115 g/mol. The summed E-state index contributed by atoms with van der Waals surface area (Å²) in [6.45, 7) is 4.09. The van der Waals surface area contributed by atoms with E-state index in [9.17, 15) is 0 Å². The van der Waals surface area contributed by atoms with Crippen LogP contribution in [-0.2, 0) is 0 Å². The molecule has 0 aliphatic heterocycles. The van der Waals surface area contributed by atoms with Gasteiger partial charge in [0.2, 0.25) is 0 Å². The second kappa shape index (κ2) is 4.25. The third kappa shape index (κ3) is 3.93. The van der Waals surface area contributed by atoms with Crippen LogP contribution in [0.15, 0.2) is 12.2 Å². The van der Waals surface area contributed by atoms with Crippen LogP contribution in [0.1, 0.15) is 20.3 Å². The highest BCUT2D eigenvalue weighted by Crippen LogP contribution is 2.00. The van der Waals surface area contributed by atoms with Crippen LogP contribution in [-0.4, -0.2) is 5.25 Å². The number of hydrogen-bond donors (Lipinski definition) is 0. The Morgan fingerprint density at radius 1 is 1.71 bits per heavy atom. The lowest BCUT2D eigenvalue weighted by atomic mass is 10.3. The summed E-state index contributed by atoms with van der Waals surface area (Å²) in [5.74, 6) is 0. The molecule has 0 fully saturated rings. The van der Waals surface area contributed by atoms with E-state index in [0.29, 0.717) is 5.25 Å². The van der Waals surface area contributed by atoms with Crippen molar-refractivity contribution in [2.24, 2.45) is 0 Å². The highest BCUT2D eigenvalue weighted by atomic mass is 32.1. The predicted octanol–water partition coefficient (Wildman–Crippen LogP) is 2.54. The quantitative estimate of drug-likeness (QED) is 0.485. The SMILES string of the molecule is C/C=C/C([S])CC. The first-order chi connectivity index (χ1) is 3.31. The van der Waals surface area contributed by atoms with E-state index in [1.54, 1.807) is 0 Å². The Labute approximate surface area is 51.0 Å². The molecule has 0 rings (SSSR count). The van der Waals surface area contributed by atoms with E-state index in [-0.39, 0.29) is 0 Å². The molecule has 0 aliphatic carbocycles. The van der Waals surface area contributed by atoms with Gasteiger partial charge in [-0.05, 0) is 13.3 Å². The molecule has 41 valence electrons. The molecule has 0 N–H and O–H groups in total. The predicted molar refractivity (Wildman–Crippen MR) is 36.5 cm³/mol. The molecule has 0 saturated heterocycles. The minimum absolute atomic E-state index is 0.352. The molecule has 0 nitrogen and oxygen atoms in total. The van der Waals surface area contributed by atoms with Gasteiger partial charge in [-0.3, -0.25) is 0 Å². The van der Waals surface area contributed by atoms with Gasteiger partial charge < -0.3 is 0 Å². The molecule has 1 heteroatoms. The maximum atomic E-state index is 4.95. The van der Waals surface area contributed by atoms with Gasteiger partial charge in [0.25, 0.3) is 0 Å². The second-order valence-corrected chi connectivity index (χ2v) is 2.08. The smallest absolute Gasteiger partial charge is 0.0328 e. The molecule has 0 aromatic carbocycles. The van der Waals surface area contributed by atoms with Gasteiger partial charge in [0.1, 0.15) is 0 Å². The van der Waals surface area contributed by atoms with Gasteiger partial charge in [-0.15, -0.1) is 0 Å². The molecule has 0 heterocycles. The third-order valence-electron chi connectivity index (χ3n) is 0.809. The summed E-state index contributed by atoms with van der Waals surface area (Å²) < 4.78 is 0. The fourth-order valence-electron chi connectivity index (χ4n) is 0.351. The topological polar surface area (TPSA) is 0 Å². The molecular formula is C6H11S. The normalized spacial score (nSPS) is 15.3. The van der Waals surface area contributed by atoms with Crippen molar-refractivity contribution in [2.45, 2.75) is 25.5 Å². The first kappa shape index (κ1) is 7.09. The van der Waals surface area contributed by atoms with Crippen LogP contribution < -0.4 is 0 Å². The zero-order chi connectivity index (χ0) is 5.70. The van der Waals surface area contributed by atoms with Crippen LogP contribution in [0, 0.1) is 0 Å². The molecule has 0 saturated carbocycles. The Morgan fingerprint density at radius 2 is 2.29 bits per heavy atom. The molecule has 0 spiro atoms. The first-order valence-corrected chi connectivity index (χ1v) is 3.07. The van der Waals surface area contributed by atoms with E-state index in [1.807, 2.05) is 19.1 Å². The summed E-state index contributed by atoms with van der Waals surface area (Å²) in [5.41, 5.74) is 0. The Kier molecular flexibility index (Phi) is 4.31. The lowest BCUT2D eigenvalue weighted by Gasteiger charge is -1.93. The third-order valence-corrected chi connectivity index (χ3v) is 1.30. The molecular weight excluding hydrogens is 104 g/mol. The maximum Gasteiger partial charge on any atom is 0.0328 e. The van der Waals surface area contributed by atoms with Gasteiger partial charge in [-0.25, -0.2) is 0 Å². The molecule has 7 heavy (non-hydrogen) atoms. The van der Waals surface area contributed by atoms with E-state index < -0.39 is 0 Å². The summed E-state index contributed by atoms with van der Waals surface area (Å²) in [7, 11) is 0. The summed E-state index contributed by atoms with van der Waals surface area (Å²) in [5, 5.41) is 0.352. The molecule has 0 aromatic rings. The van der Waals surface area contributed by atoms with E-state index in [0.717, 1.165) is 6.42 Å². The highest BCUT2D eigenvalue weighted by molar-refractivity contribution is 7.81. The van der Waals surface area contributed by atoms with Gasteiger partial charge in [0, 0.05) is 5.25 Å². The fraction of sp³-hybridized carbons (Fsp3) is 0.667. The van der Waals surface area contributed by atoms with E-state index in [4.69, 9.17) is 12.6 Å². The van der Waals surface area contributed by atoms with Crippen LogP contribution >= 0.6 is 12.6 Å². The van der Waals surface area contributed by atoms with Gasteiger partial charge in [0.15, 0.2) is 0 Å². The molecule has 0 bridgehead atoms. The molecule has 1 atom stereocenters. The molecule has 0 amide bonds. The number of rotatable bonds is 2. The Hall–Kier alpha value is 0.0900. The largest absolute Gasteiger partial charge is 0.0905 e. The van der Waals surface area contributed by atoms with Crippen LogP contribution in [0.25, 0.3) is 0 Å². The van der Waals surface area contributed by atoms with Gasteiger partial charge >= 0.3 is 0 Å². The van der Waals surface area contributed by atoms with Crippen LogP contribution in [0.5, 0.6) is 0 Å². The average Bonchev–Trinajstić information content (AvgIpc) is 1.68. The lowest BCUT2D eigenvalue weighted by Crippen LogP contribution is -1.86. The van der Waals surface area contributed by atoms with Crippen LogP contribution in [0.2, 0.25) is 0 Å². The molecule has 0 aromatic heterocycles. The lowest BCUT2D eigenvalue weighted by molar-refractivity contribution is 0.982. The Balaban J connectivity index is 3.16. The summed E-state index contributed by atoms with van der Waals surface area (Å²) in [6, 6.07) is 0. The Bertz CT molecular complexity index is 57.2. The van der Waals surface area contributed by atoms with E-state index >= 15 is 0 Å². The van der Waals surface area contributed by atoms with Crippen LogP contribution in [0.4, 0.5) is 0 Å². The van der Waals surface area contributed by atoms with Crippen molar-refractivity contribution >= 4 is 12.6 Å².